The molecule has 1 aliphatic heterocycles. The lowest BCUT2D eigenvalue weighted by Gasteiger charge is -2.12. The molecule has 0 spiro atoms. The predicted molar refractivity (Wildman–Crippen MR) is 89.6 cm³/mol. The third-order valence-electron chi connectivity index (χ3n) is 3.53. The second-order valence-corrected chi connectivity index (χ2v) is 5.37. The highest BCUT2D eigenvalue weighted by Gasteiger charge is 2.26. The van der Waals surface area contributed by atoms with Crippen LogP contribution < -0.4 is 10.8 Å². The van der Waals surface area contributed by atoms with E-state index >= 15 is 0 Å². The van der Waals surface area contributed by atoms with E-state index in [1.54, 1.807) is 0 Å². The molecule has 0 bridgehead atoms. The van der Waals surface area contributed by atoms with Gasteiger partial charge in [0.1, 0.15) is 6.21 Å². The topological polar surface area (TPSA) is 108 Å². The van der Waals surface area contributed by atoms with Gasteiger partial charge in [-0.05, 0) is 19.4 Å². The van der Waals surface area contributed by atoms with Gasteiger partial charge < -0.3 is 20.0 Å². The molecule has 1 aromatic carbocycles. The van der Waals surface area contributed by atoms with Gasteiger partial charge in [0.05, 0.1) is 12.7 Å². The lowest BCUT2D eigenvalue weighted by molar-refractivity contribution is -0.0595. The maximum atomic E-state index is 8.70. The molecule has 0 aromatic heterocycles. The van der Waals surface area contributed by atoms with Gasteiger partial charge in [-0.2, -0.15) is 0 Å². The van der Waals surface area contributed by atoms with E-state index in [-0.39, 0.29) is 18.2 Å². The number of nitrogens with zero attached hydrogens (tertiary/aromatic N) is 2. The fraction of sp³-hybridized carbons (Fsp3) is 0.500. The number of aliphatic imine (C=N–C) groups is 1. The van der Waals surface area contributed by atoms with Crippen LogP contribution in [0.2, 0.25) is 0 Å². The Morgan fingerprint density at radius 1 is 1.29 bits per heavy atom. The van der Waals surface area contributed by atoms with Crippen molar-refractivity contribution >= 4 is 12.1 Å². The third-order valence-corrected chi connectivity index (χ3v) is 3.53. The standard InChI is InChI=1S/C16H24N4O4/c21-19-11-15(20-22)18-9-5-4-8-17-10-14-12-23-16(24-14)13-6-2-1-3-7-13/h1-3,6-7,11,14,16-17,21-22H,4-5,8-10,12H2,(H,18,20)/b19-11+. The minimum atomic E-state index is -0.273. The molecule has 2 unspecified atom stereocenters. The average Bonchev–Trinajstić information content (AvgIpc) is 3.09. The molecule has 1 heterocycles. The number of nitrogens with one attached hydrogen (secondary N) is 2. The smallest absolute Gasteiger partial charge is 0.184 e. The van der Waals surface area contributed by atoms with Crippen LogP contribution in [0.5, 0.6) is 0 Å². The summed E-state index contributed by atoms with van der Waals surface area (Å²) >= 11 is 0. The number of hydroxylamine groups is 1. The van der Waals surface area contributed by atoms with Crippen LogP contribution in [0.25, 0.3) is 0 Å². The number of ether oxygens (including phenoxy) is 2. The van der Waals surface area contributed by atoms with Crippen LogP contribution in [-0.2, 0) is 9.47 Å². The second-order valence-electron chi connectivity index (χ2n) is 5.37. The first-order valence-corrected chi connectivity index (χ1v) is 7.98. The molecule has 4 N–H and O–H groups in total. The number of unbranched alkanes of at least 4 members (excludes halogenated alkanes) is 1. The van der Waals surface area contributed by atoms with Crippen molar-refractivity contribution in [2.24, 2.45) is 10.1 Å². The molecule has 1 aromatic rings. The van der Waals surface area contributed by atoms with Crippen molar-refractivity contribution in [3.63, 3.8) is 0 Å². The molecule has 0 aliphatic carbocycles. The summed E-state index contributed by atoms with van der Waals surface area (Å²) < 4.78 is 11.5. The van der Waals surface area contributed by atoms with Crippen molar-refractivity contribution in [2.45, 2.75) is 25.2 Å². The van der Waals surface area contributed by atoms with Gasteiger partial charge in [0.15, 0.2) is 12.1 Å². The number of oxime groups is 1. The van der Waals surface area contributed by atoms with Crippen molar-refractivity contribution in [2.75, 3.05) is 26.2 Å². The first kappa shape index (κ1) is 18.3. The molecule has 24 heavy (non-hydrogen) atoms. The number of hydrogen-bond acceptors (Lipinski definition) is 7. The van der Waals surface area contributed by atoms with Crippen molar-refractivity contribution < 1.29 is 19.9 Å². The number of benzene rings is 1. The molecule has 132 valence electrons. The summed E-state index contributed by atoms with van der Waals surface area (Å²) in [5.41, 5.74) is 2.89. The summed E-state index contributed by atoms with van der Waals surface area (Å²) in [4.78, 5) is 4.02. The van der Waals surface area contributed by atoms with Gasteiger partial charge in [0.25, 0.3) is 0 Å². The molecule has 0 saturated carbocycles. The minimum absolute atomic E-state index is 0.0548. The molecule has 0 radical (unpaired) electrons. The van der Waals surface area contributed by atoms with Gasteiger partial charge in [-0.3, -0.25) is 15.7 Å². The van der Waals surface area contributed by atoms with Gasteiger partial charge in [-0.1, -0.05) is 35.5 Å². The first-order valence-electron chi connectivity index (χ1n) is 7.98. The van der Waals surface area contributed by atoms with Gasteiger partial charge >= 0.3 is 0 Å². The third kappa shape index (κ3) is 6.25. The van der Waals surface area contributed by atoms with E-state index < -0.39 is 0 Å². The Hall–Kier alpha value is -2.00. The van der Waals surface area contributed by atoms with Crippen LogP contribution in [0.15, 0.2) is 40.5 Å². The Kier molecular flexibility index (Phi) is 8.19. The normalized spacial score (nSPS) is 21.5. The van der Waals surface area contributed by atoms with Crippen LogP contribution in [0.4, 0.5) is 0 Å². The van der Waals surface area contributed by atoms with Crippen molar-refractivity contribution in [1.29, 1.82) is 0 Å². The van der Waals surface area contributed by atoms with Gasteiger partial charge in [-0.25, -0.2) is 0 Å². The summed E-state index contributed by atoms with van der Waals surface area (Å²) in [6, 6.07) is 9.91. The number of rotatable bonds is 9. The van der Waals surface area contributed by atoms with Gasteiger partial charge in [-0.15, -0.1) is 0 Å². The maximum absolute atomic E-state index is 8.70. The van der Waals surface area contributed by atoms with Crippen molar-refractivity contribution in [3.8, 4) is 0 Å². The van der Waals surface area contributed by atoms with E-state index in [2.05, 4.69) is 15.5 Å². The Labute approximate surface area is 141 Å². The average molecular weight is 336 g/mol. The van der Waals surface area contributed by atoms with Crippen LogP contribution in [-0.4, -0.2) is 54.8 Å². The molecule has 8 heteroatoms. The SMILES string of the molecule is O/N=C/C(=NCCCCNCC1COC(c2ccccc2)O1)NO. The summed E-state index contributed by atoms with van der Waals surface area (Å²) in [7, 11) is 0. The Morgan fingerprint density at radius 3 is 2.88 bits per heavy atom. The molecule has 1 fully saturated rings. The predicted octanol–water partition coefficient (Wildman–Crippen LogP) is 1.31. The molecule has 1 saturated heterocycles. The highest BCUT2D eigenvalue weighted by Crippen LogP contribution is 2.26. The fourth-order valence-electron chi connectivity index (χ4n) is 2.32. The maximum Gasteiger partial charge on any atom is 0.184 e. The Balaban J connectivity index is 1.54. The quantitative estimate of drug-likeness (QED) is 0.178. The largest absolute Gasteiger partial charge is 0.411 e. The van der Waals surface area contributed by atoms with Crippen molar-refractivity contribution in [3.05, 3.63) is 35.9 Å². The monoisotopic (exact) mass is 336 g/mol. The first-order chi connectivity index (χ1) is 11.8. The van der Waals surface area contributed by atoms with E-state index in [4.69, 9.17) is 19.9 Å². The highest BCUT2D eigenvalue weighted by atomic mass is 16.7. The number of amidine groups is 1. The zero-order valence-corrected chi connectivity index (χ0v) is 13.5. The van der Waals surface area contributed by atoms with E-state index in [0.717, 1.165) is 37.7 Å². The minimum Gasteiger partial charge on any atom is -0.411 e. The summed E-state index contributed by atoms with van der Waals surface area (Å²) in [6.07, 6.45) is 2.61. The van der Waals surface area contributed by atoms with Crippen LogP contribution in [0.3, 0.4) is 0 Å². The summed E-state index contributed by atoms with van der Waals surface area (Å²) in [5.74, 6) is 0.133. The van der Waals surface area contributed by atoms with E-state index in [0.29, 0.717) is 13.2 Å². The van der Waals surface area contributed by atoms with Crippen LogP contribution in [0.1, 0.15) is 24.7 Å². The molecular weight excluding hydrogens is 312 g/mol. The van der Waals surface area contributed by atoms with E-state index in [1.165, 1.54) is 0 Å². The van der Waals surface area contributed by atoms with E-state index in [9.17, 15) is 0 Å². The highest BCUT2D eigenvalue weighted by molar-refractivity contribution is 6.28. The Bertz CT molecular complexity index is 524. The second kappa shape index (κ2) is 10.7. The van der Waals surface area contributed by atoms with Crippen molar-refractivity contribution in [1.82, 2.24) is 10.8 Å². The zero-order chi connectivity index (χ0) is 17.0. The van der Waals surface area contributed by atoms with Gasteiger partial charge in [0, 0.05) is 18.7 Å². The molecule has 0 amide bonds. The van der Waals surface area contributed by atoms with E-state index in [1.807, 2.05) is 35.8 Å². The van der Waals surface area contributed by atoms with Gasteiger partial charge in [0.2, 0.25) is 0 Å². The molecular formula is C16H24N4O4. The number of hydrogen-bond donors (Lipinski definition) is 4. The fourth-order valence-corrected chi connectivity index (χ4v) is 2.32. The van der Waals surface area contributed by atoms with Crippen LogP contribution in [0, 0.1) is 0 Å². The van der Waals surface area contributed by atoms with Crippen LogP contribution >= 0.6 is 0 Å². The molecule has 2 atom stereocenters. The lowest BCUT2D eigenvalue weighted by Crippen LogP contribution is -2.29. The molecule has 8 nitrogen and oxygen atoms in total. The lowest BCUT2D eigenvalue weighted by atomic mass is 10.2. The summed E-state index contributed by atoms with van der Waals surface area (Å²) in [5, 5.41) is 23.2. The molecule has 1 aliphatic rings. The zero-order valence-electron chi connectivity index (χ0n) is 13.5. The molecule has 2 rings (SSSR count). The Morgan fingerprint density at radius 2 is 2.12 bits per heavy atom. The summed E-state index contributed by atoms with van der Waals surface area (Å²) in [6.45, 7) is 2.72.